The highest BCUT2D eigenvalue weighted by Crippen LogP contribution is 2.60. The highest BCUT2D eigenvalue weighted by atomic mass is 31.2. The Balaban J connectivity index is 1.84. The minimum atomic E-state index is -1.86. The van der Waals surface area contributed by atoms with Gasteiger partial charge in [-0.2, -0.15) is 0 Å². The molecule has 17 heavy (non-hydrogen) atoms. The zero-order valence-electron chi connectivity index (χ0n) is 10.8. The van der Waals surface area contributed by atoms with Gasteiger partial charge >= 0.3 is 0 Å². The second-order valence-electron chi connectivity index (χ2n) is 5.55. The van der Waals surface area contributed by atoms with E-state index in [0.717, 1.165) is 0 Å². The van der Waals surface area contributed by atoms with Crippen LogP contribution in [0.4, 0.5) is 0 Å². The average molecular weight is 256 g/mol. The summed E-state index contributed by atoms with van der Waals surface area (Å²) in [4.78, 5) is 0. The van der Waals surface area contributed by atoms with Crippen LogP contribution < -0.4 is 0 Å². The van der Waals surface area contributed by atoms with E-state index < -0.39 is 7.51 Å². The number of rotatable bonds is 3. The van der Waals surface area contributed by atoms with Crippen molar-refractivity contribution in [2.45, 2.75) is 38.5 Å². The fraction of sp³-hybridized carbons (Fsp3) is 1.00. The van der Waals surface area contributed by atoms with E-state index in [2.05, 4.69) is 14.0 Å². The largest absolute Gasteiger partial charge is 0.277 e. The van der Waals surface area contributed by atoms with Crippen LogP contribution in [0.3, 0.4) is 0 Å². The molecular weight excluding hydrogens is 231 g/mol. The SMILES string of the molecule is N=P(N1CCCC1)(N1CCCC1)N1CCCC1. The van der Waals surface area contributed by atoms with Crippen molar-refractivity contribution < 1.29 is 0 Å². The smallest absolute Gasteiger partial charge is 0.165 e. The van der Waals surface area contributed by atoms with Crippen LogP contribution in [0, 0.1) is 5.16 Å². The molecule has 0 aromatic carbocycles. The summed E-state index contributed by atoms with van der Waals surface area (Å²) in [6.07, 6.45) is 7.85. The van der Waals surface area contributed by atoms with Crippen LogP contribution in [0.25, 0.3) is 0 Å². The van der Waals surface area contributed by atoms with Crippen molar-refractivity contribution in [1.29, 1.82) is 5.16 Å². The third-order valence-corrected chi connectivity index (χ3v) is 8.00. The Bertz CT molecular complexity index is 254. The van der Waals surface area contributed by atoms with Crippen LogP contribution in [0.2, 0.25) is 0 Å². The standard InChI is InChI=1S/C12H25N4P/c13-17(14-7-1-2-8-14,15-9-3-4-10-15)16-11-5-6-12-16/h13H,1-12H2. The molecule has 3 heterocycles. The Kier molecular flexibility index (Phi) is 3.58. The Morgan fingerprint density at radius 3 is 1.00 bits per heavy atom. The van der Waals surface area contributed by atoms with Gasteiger partial charge in [0.2, 0.25) is 0 Å². The predicted octanol–water partition coefficient (Wildman–Crippen LogP) is 2.80. The van der Waals surface area contributed by atoms with E-state index in [1.54, 1.807) is 0 Å². The summed E-state index contributed by atoms with van der Waals surface area (Å²) >= 11 is 0. The van der Waals surface area contributed by atoms with E-state index in [-0.39, 0.29) is 0 Å². The van der Waals surface area contributed by atoms with Crippen LogP contribution in [0.15, 0.2) is 0 Å². The molecule has 0 unspecified atom stereocenters. The molecule has 0 spiro atoms. The third kappa shape index (κ3) is 2.10. The maximum absolute atomic E-state index is 9.20. The normalized spacial score (nSPS) is 29.4. The fourth-order valence-electron chi connectivity index (χ4n) is 3.47. The highest BCUT2D eigenvalue weighted by molar-refractivity contribution is 7.57. The number of hydrogen-bond donors (Lipinski definition) is 1. The minimum Gasteiger partial charge on any atom is -0.277 e. The summed E-state index contributed by atoms with van der Waals surface area (Å²) in [7, 11) is -1.86. The molecule has 3 rings (SSSR count). The van der Waals surface area contributed by atoms with Crippen LogP contribution in [0.1, 0.15) is 38.5 Å². The summed E-state index contributed by atoms with van der Waals surface area (Å²) in [5, 5.41) is 9.20. The first-order valence-electron chi connectivity index (χ1n) is 7.22. The Hall–Kier alpha value is 0.110. The average Bonchev–Trinajstić information content (AvgIpc) is 3.10. The molecule has 0 amide bonds. The van der Waals surface area contributed by atoms with Crippen LogP contribution >= 0.6 is 7.51 Å². The summed E-state index contributed by atoms with van der Waals surface area (Å²) in [5.41, 5.74) is 0. The first-order chi connectivity index (χ1) is 8.32. The lowest BCUT2D eigenvalue weighted by Crippen LogP contribution is -2.37. The van der Waals surface area contributed by atoms with Gasteiger partial charge in [0.05, 0.1) is 0 Å². The monoisotopic (exact) mass is 256 g/mol. The first-order valence-corrected chi connectivity index (χ1v) is 8.87. The summed E-state index contributed by atoms with van der Waals surface area (Å²) < 4.78 is 7.59. The zero-order chi connectivity index (χ0) is 11.7. The molecular formula is C12H25N4P. The van der Waals surface area contributed by atoms with Crippen molar-refractivity contribution >= 4 is 7.51 Å². The molecule has 0 bridgehead atoms. The van der Waals surface area contributed by atoms with Crippen molar-refractivity contribution in [3.8, 4) is 0 Å². The Morgan fingerprint density at radius 1 is 0.529 bits per heavy atom. The number of nitrogens with zero attached hydrogens (tertiary/aromatic N) is 3. The molecule has 3 fully saturated rings. The lowest BCUT2D eigenvalue weighted by molar-refractivity contribution is 0.381. The summed E-state index contributed by atoms with van der Waals surface area (Å²) in [6, 6.07) is 0. The Morgan fingerprint density at radius 2 is 0.765 bits per heavy atom. The van der Waals surface area contributed by atoms with Gasteiger partial charge in [-0.1, -0.05) is 0 Å². The molecule has 0 atom stereocenters. The van der Waals surface area contributed by atoms with Crippen LogP contribution in [-0.4, -0.2) is 53.3 Å². The van der Waals surface area contributed by atoms with E-state index >= 15 is 0 Å². The fourth-order valence-corrected chi connectivity index (χ4v) is 7.07. The van der Waals surface area contributed by atoms with Gasteiger partial charge in [0.15, 0.2) is 7.51 Å². The Labute approximate surface area is 105 Å². The third-order valence-electron chi connectivity index (χ3n) is 4.43. The molecule has 0 saturated carbocycles. The quantitative estimate of drug-likeness (QED) is 0.788. The van der Waals surface area contributed by atoms with Gasteiger partial charge in [0, 0.05) is 39.3 Å². The van der Waals surface area contributed by atoms with Crippen molar-refractivity contribution in [1.82, 2.24) is 14.0 Å². The van der Waals surface area contributed by atoms with Gasteiger partial charge in [-0.15, -0.1) is 0 Å². The van der Waals surface area contributed by atoms with Crippen molar-refractivity contribution in [2.75, 3.05) is 39.3 Å². The molecule has 98 valence electrons. The van der Waals surface area contributed by atoms with Gasteiger partial charge < -0.3 is 0 Å². The van der Waals surface area contributed by atoms with Crippen molar-refractivity contribution in [3.63, 3.8) is 0 Å². The molecule has 3 aliphatic heterocycles. The lowest BCUT2D eigenvalue weighted by atomic mass is 10.4. The first kappa shape index (κ1) is 12.2. The summed E-state index contributed by atoms with van der Waals surface area (Å²) in [6.45, 7) is 7.03. The van der Waals surface area contributed by atoms with Crippen molar-refractivity contribution in [2.24, 2.45) is 0 Å². The topological polar surface area (TPSA) is 33.6 Å². The maximum atomic E-state index is 9.20. The molecule has 0 aromatic rings. The number of hydrogen-bond acceptors (Lipinski definition) is 1. The van der Waals surface area contributed by atoms with Gasteiger partial charge in [-0.05, 0) is 38.5 Å². The lowest BCUT2D eigenvalue weighted by Gasteiger charge is -2.44. The second-order valence-corrected chi connectivity index (χ2v) is 8.38. The van der Waals surface area contributed by atoms with Crippen LogP contribution in [0.5, 0.6) is 0 Å². The highest BCUT2D eigenvalue weighted by Gasteiger charge is 2.41. The molecule has 3 aliphatic rings. The van der Waals surface area contributed by atoms with E-state index in [4.69, 9.17) is 0 Å². The van der Waals surface area contributed by atoms with Gasteiger partial charge in [0.1, 0.15) is 0 Å². The zero-order valence-corrected chi connectivity index (χ0v) is 11.7. The van der Waals surface area contributed by atoms with E-state index in [1.807, 2.05) is 0 Å². The molecule has 5 heteroatoms. The van der Waals surface area contributed by atoms with Gasteiger partial charge in [-0.3, -0.25) is 5.16 Å². The van der Waals surface area contributed by atoms with E-state index in [1.165, 1.54) is 77.8 Å². The predicted molar refractivity (Wildman–Crippen MR) is 72.1 cm³/mol. The molecule has 4 nitrogen and oxygen atoms in total. The minimum absolute atomic E-state index is 1.17. The second kappa shape index (κ2) is 5.00. The van der Waals surface area contributed by atoms with Gasteiger partial charge in [0.25, 0.3) is 0 Å². The molecule has 0 aromatic heterocycles. The van der Waals surface area contributed by atoms with Crippen LogP contribution in [-0.2, 0) is 0 Å². The molecule has 1 N–H and O–H groups in total. The van der Waals surface area contributed by atoms with E-state index in [9.17, 15) is 5.16 Å². The molecule has 3 saturated heterocycles. The van der Waals surface area contributed by atoms with Crippen molar-refractivity contribution in [3.05, 3.63) is 0 Å². The summed E-state index contributed by atoms with van der Waals surface area (Å²) in [5.74, 6) is 0. The van der Waals surface area contributed by atoms with E-state index in [0.29, 0.717) is 0 Å². The maximum Gasteiger partial charge on any atom is 0.165 e. The van der Waals surface area contributed by atoms with Gasteiger partial charge in [-0.25, -0.2) is 14.0 Å². The molecule has 0 aliphatic carbocycles. The number of nitrogens with one attached hydrogen (secondary N) is 1. The molecule has 0 radical (unpaired) electrons.